The van der Waals surface area contributed by atoms with Gasteiger partial charge in [-0.15, -0.1) is 0 Å². The molecule has 1 aromatic rings. The fourth-order valence-corrected chi connectivity index (χ4v) is 3.02. The fraction of sp³-hybridized carbons (Fsp3) is 0.846. The zero-order valence-electron chi connectivity index (χ0n) is 11.9. The number of likely N-dealkylation sites (N-methyl/N-ethyl adjacent to an activating group) is 1. The third-order valence-electron chi connectivity index (χ3n) is 3.00. The summed E-state index contributed by atoms with van der Waals surface area (Å²) in [6.07, 6.45) is 1.10. The maximum Gasteiger partial charge on any atom is 0.147 e. The van der Waals surface area contributed by atoms with Crippen LogP contribution in [0.3, 0.4) is 0 Å². The highest BCUT2D eigenvalue weighted by Crippen LogP contribution is 2.28. The summed E-state index contributed by atoms with van der Waals surface area (Å²) in [6.45, 7) is 14.1. The van der Waals surface area contributed by atoms with E-state index in [1.54, 1.807) is 11.5 Å². The number of hydrogen-bond acceptors (Lipinski definition) is 4. The summed E-state index contributed by atoms with van der Waals surface area (Å²) in [5.41, 5.74) is 0.0501. The van der Waals surface area contributed by atoms with Crippen molar-refractivity contribution in [1.29, 1.82) is 0 Å². The van der Waals surface area contributed by atoms with Crippen molar-refractivity contribution < 1.29 is 0 Å². The van der Waals surface area contributed by atoms with E-state index < -0.39 is 0 Å². The van der Waals surface area contributed by atoms with Gasteiger partial charge < -0.3 is 5.32 Å². The van der Waals surface area contributed by atoms with Crippen LogP contribution in [0.4, 0.5) is 0 Å². The number of nitrogens with zero attached hydrogens (tertiary/aromatic N) is 2. The minimum atomic E-state index is 0.0501. The molecule has 3 nitrogen and oxygen atoms in total. The van der Waals surface area contributed by atoms with Gasteiger partial charge >= 0.3 is 0 Å². The molecule has 0 aliphatic rings. The summed E-state index contributed by atoms with van der Waals surface area (Å²) in [6, 6.07) is 0.464. The van der Waals surface area contributed by atoms with Gasteiger partial charge in [0.05, 0.1) is 0 Å². The van der Waals surface area contributed by atoms with Gasteiger partial charge in [0.2, 0.25) is 0 Å². The van der Waals surface area contributed by atoms with Crippen LogP contribution in [0.2, 0.25) is 0 Å². The average molecular weight is 255 g/mol. The van der Waals surface area contributed by atoms with Gasteiger partial charge in [-0.2, -0.15) is 4.37 Å². The summed E-state index contributed by atoms with van der Waals surface area (Å²) in [7, 11) is 0. The molecule has 0 saturated carbocycles. The number of hydrogen-bond donors (Lipinski definition) is 1. The molecule has 0 radical (unpaired) electrons. The Bertz CT molecular complexity index is 341. The first kappa shape index (κ1) is 14.6. The Morgan fingerprint density at radius 2 is 1.94 bits per heavy atom. The van der Waals surface area contributed by atoms with E-state index in [-0.39, 0.29) is 5.41 Å². The first-order valence-corrected chi connectivity index (χ1v) is 7.24. The standard InChI is InChI=1S/C13H25N3S/c1-7-10(9(3)14-8-2)11-15-12(16-17-11)13(4,5)6/h9-10,14H,7-8H2,1-6H3. The predicted molar refractivity (Wildman–Crippen MR) is 74.8 cm³/mol. The van der Waals surface area contributed by atoms with Crippen LogP contribution in [0.15, 0.2) is 0 Å². The molecule has 0 amide bonds. The highest BCUT2D eigenvalue weighted by Gasteiger charge is 2.25. The van der Waals surface area contributed by atoms with Crippen molar-refractivity contribution in [3.8, 4) is 0 Å². The molecular weight excluding hydrogens is 230 g/mol. The molecule has 4 heteroatoms. The van der Waals surface area contributed by atoms with Gasteiger partial charge in [0.15, 0.2) is 0 Å². The molecule has 0 fully saturated rings. The lowest BCUT2D eigenvalue weighted by atomic mass is 9.95. The van der Waals surface area contributed by atoms with Gasteiger partial charge in [0.25, 0.3) is 0 Å². The molecule has 2 unspecified atom stereocenters. The van der Waals surface area contributed by atoms with Crippen LogP contribution in [-0.2, 0) is 5.41 Å². The monoisotopic (exact) mass is 255 g/mol. The Morgan fingerprint density at radius 1 is 1.29 bits per heavy atom. The van der Waals surface area contributed by atoms with E-state index in [2.05, 4.69) is 51.2 Å². The summed E-state index contributed by atoms with van der Waals surface area (Å²) in [4.78, 5) is 4.72. The van der Waals surface area contributed by atoms with Crippen LogP contribution >= 0.6 is 11.5 Å². The minimum Gasteiger partial charge on any atom is -0.314 e. The van der Waals surface area contributed by atoms with Crippen LogP contribution in [0, 0.1) is 0 Å². The van der Waals surface area contributed by atoms with Crippen LogP contribution in [0.5, 0.6) is 0 Å². The van der Waals surface area contributed by atoms with Gasteiger partial charge in [-0.3, -0.25) is 0 Å². The molecule has 2 atom stereocenters. The molecule has 0 bridgehead atoms. The lowest BCUT2D eigenvalue weighted by Crippen LogP contribution is -2.31. The zero-order valence-corrected chi connectivity index (χ0v) is 12.7. The highest BCUT2D eigenvalue weighted by atomic mass is 32.1. The maximum absolute atomic E-state index is 4.72. The van der Waals surface area contributed by atoms with Gasteiger partial charge in [-0.1, -0.05) is 34.6 Å². The molecule has 1 heterocycles. The smallest absolute Gasteiger partial charge is 0.147 e. The van der Waals surface area contributed by atoms with Crippen molar-refractivity contribution in [1.82, 2.24) is 14.7 Å². The SMILES string of the molecule is CCNC(C)C(CC)c1nc(C(C)(C)C)ns1. The quantitative estimate of drug-likeness (QED) is 0.877. The third-order valence-corrected chi connectivity index (χ3v) is 3.84. The molecule has 0 saturated heterocycles. The van der Waals surface area contributed by atoms with Gasteiger partial charge in [0.1, 0.15) is 10.8 Å². The Hall–Kier alpha value is -0.480. The summed E-state index contributed by atoms with van der Waals surface area (Å²) in [5.74, 6) is 1.45. The van der Waals surface area contributed by atoms with E-state index in [1.165, 1.54) is 5.01 Å². The van der Waals surface area contributed by atoms with Crippen LogP contribution in [-0.4, -0.2) is 21.9 Å². The Balaban J connectivity index is 2.86. The Kier molecular flexibility index (Phi) is 5.07. The first-order valence-electron chi connectivity index (χ1n) is 6.47. The van der Waals surface area contributed by atoms with Crippen molar-refractivity contribution >= 4 is 11.5 Å². The fourth-order valence-electron chi connectivity index (χ4n) is 1.90. The van der Waals surface area contributed by atoms with Crippen LogP contribution in [0.1, 0.15) is 64.7 Å². The summed E-state index contributed by atoms with van der Waals surface area (Å²) >= 11 is 1.56. The van der Waals surface area contributed by atoms with Crippen molar-refractivity contribution in [3.05, 3.63) is 10.8 Å². The molecule has 1 rings (SSSR count). The van der Waals surface area contributed by atoms with Gasteiger partial charge in [-0.05, 0) is 31.4 Å². The first-order chi connectivity index (χ1) is 7.90. The molecule has 0 spiro atoms. The molecule has 0 aromatic carbocycles. The molecule has 1 aromatic heterocycles. The summed E-state index contributed by atoms with van der Waals surface area (Å²) < 4.78 is 4.50. The van der Waals surface area contributed by atoms with E-state index >= 15 is 0 Å². The molecule has 17 heavy (non-hydrogen) atoms. The van der Waals surface area contributed by atoms with Crippen molar-refractivity contribution in [2.45, 2.75) is 65.3 Å². The normalized spacial score (nSPS) is 15.9. The maximum atomic E-state index is 4.72. The molecule has 0 aliphatic heterocycles. The van der Waals surface area contributed by atoms with E-state index in [9.17, 15) is 0 Å². The van der Waals surface area contributed by atoms with Crippen LogP contribution in [0.25, 0.3) is 0 Å². The number of aromatic nitrogens is 2. The lowest BCUT2D eigenvalue weighted by molar-refractivity contribution is 0.455. The second-order valence-corrected chi connectivity index (χ2v) is 6.35. The second-order valence-electron chi connectivity index (χ2n) is 5.57. The Labute approximate surface area is 109 Å². The van der Waals surface area contributed by atoms with Gasteiger partial charge in [0, 0.05) is 17.4 Å². The lowest BCUT2D eigenvalue weighted by Gasteiger charge is -2.21. The average Bonchev–Trinajstić information content (AvgIpc) is 2.68. The Morgan fingerprint density at radius 3 is 2.35 bits per heavy atom. The van der Waals surface area contributed by atoms with E-state index in [4.69, 9.17) is 4.98 Å². The largest absolute Gasteiger partial charge is 0.314 e. The molecule has 98 valence electrons. The van der Waals surface area contributed by atoms with Crippen molar-refractivity contribution in [3.63, 3.8) is 0 Å². The van der Waals surface area contributed by atoms with Gasteiger partial charge in [-0.25, -0.2) is 4.98 Å². The topological polar surface area (TPSA) is 37.8 Å². The number of nitrogens with one attached hydrogen (secondary N) is 1. The number of rotatable bonds is 5. The molecule has 1 N–H and O–H groups in total. The second kappa shape index (κ2) is 5.91. The third kappa shape index (κ3) is 3.75. The molecular formula is C13H25N3S. The summed E-state index contributed by atoms with van der Waals surface area (Å²) in [5, 5.41) is 4.65. The van der Waals surface area contributed by atoms with Crippen molar-refractivity contribution in [2.24, 2.45) is 0 Å². The minimum absolute atomic E-state index is 0.0501. The van der Waals surface area contributed by atoms with Crippen LogP contribution < -0.4 is 5.32 Å². The van der Waals surface area contributed by atoms with Crippen molar-refractivity contribution in [2.75, 3.05) is 6.54 Å². The van der Waals surface area contributed by atoms with E-state index in [0.717, 1.165) is 18.8 Å². The predicted octanol–water partition coefficient (Wildman–Crippen LogP) is 3.33. The highest BCUT2D eigenvalue weighted by molar-refractivity contribution is 7.05. The molecule has 0 aliphatic carbocycles. The van der Waals surface area contributed by atoms with E-state index in [0.29, 0.717) is 12.0 Å². The zero-order chi connectivity index (χ0) is 13.1. The van der Waals surface area contributed by atoms with E-state index in [1.807, 2.05) is 0 Å².